The van der Waals surface area contributed by atoms with Crippen LogP contribution in [-0.2, 0) is 4.79 Å². The van der Waals surface area contributed by atoms with Gasteiger partial charge in [-0.2, -0.15) is 0 Å². The number of rotatable bonds is 5. The molecule has 1 atom stereocenters. The third-order valence-corrected chi connectivity index (χ3v) is 4.60. The molecule has 0 aliphatic heterocycles. The summed E-state index contributed by atoms with van der Waals surface area (Å²) >= 11 is 1.08. The Labute approximate surface area is 152 Å². The van der Waals surface area contributed by atoms with Crippen molar-refractivity contribution in [2.45, 2.75) is 17.3 Å². The summed E-state index contributed by atoms with van der Waals surface area (Å²) in [6.45, 7) is 1.67. The lowest BCUT2D eigenvalue weighted by Gasteiger charge is -2.11. The second-order valence-corrected chi connectivity index (χ2v) is 6.72. The molecule has 0 saturated carbocycles. The Bertz CT molecular complexity index is 929. The molecule has 1 heterocycles. The van der Waals surface area contributed by atoms with Crippen LogP contribution in [0.25, 0.3) is 11.4 Å². The molecule has 0 aliphatic carbocycles. The predicted octanol–water partition coefficient (Wildman–Crippen LogP) is 3.06. The van der Waals surface area contributed by atoms with Crippen molar-refractivity contribution in [2.24, 2.45) is 0 Å². The Morgan fingerprint density at radius 2 is 1.85 bits per heavy atom. The number of hydrogen-bond donors (Lipinski definition) is 2. The molecule has 0 bridgehead atoms. The maximum atomic E-state index is 13.9. The smallest absolute Gasteiger partial charge is 0.237 e. The lowest BCUT2D eigenvalue weighted by Crippen LogP contribution is -2.23. The van der Waals surface area contributed by atoms with Crippen molar-refractivity contribution in [2.75, 3.05) is 11.2 Å². The first-order chi connectivity index (χ1) is 12.5. The fourth-order valence-corrected chi connectivity index (χ4v) is 2.94. The zero-order chi connectivity index (χ0) is 18.7. The number of aromatic nitrogens is 3. The largest absolute Gasteiger partial charge is 0.335 e. The van der Waals surface area contributed by atoms with Crippen molar-refractivity contribution in [3.05, 3.63) is 60.2 Å². The molecule has 9 heteroatoms. The van der Waals surface area contributed by atoms with Gasteiger partial charge in [-0.1, -0.05) is 23.9 Å². The van der Waals surface area contributed by atoms with Gasteiger partial charge in [0.15, 0.2) is 5.82 Å². The SMILES string of the molecule is C[C@H](Sc1nnc(-c2ccccc2F)n1N)C(=O)Nc1ccc(F)cc1. The Hall–Kier alpha value is -2.94. The summed E-state index contributed by atoms with van der Waals surface area (Å²) in [4.78, 5) is 12.3. The van der Waals surface area contributed by atoms with Gasteiger partial charge in [-0.15, -0.1) is 10.2 Å². The van der Waals surface area contributed by atoms with E-state index < -0.39 is 11.1 Å². The minimum atomic E-state index is -0.556. The summed E-state index contributed by atoms with van der Waals surface area (Å²) < 4.78 is 27.9. The number of nitrogen functional groups attached to an aromatic ring is 1. The van der Waals surface area contributed by atoms with Crippen LogP contribution in [0.3, 0.4) is 0 Å². The summed E-state index contributed by atoms with van der Waals surface area (Å²) in [6.07, 6.45) is 0. The lowest BCUT2D eigenvalue weighted by molar-refractivity contribution is -0.115. The molecular formula is C17H15F2N5OS. The first-order valence-corrected chi connectivity index (χ1v) is 8.52. The second-order valence-electron chi connectivity index (χ2n) is 5.41. The predicted molar refractivity (Wildman–Crippen MR) is 95.9 cm³/mol. The van der Waals surface area contributed by atoms with Crippen LogP contribution in [0.5, 0.6) is 0 Å². The topological polar surface area (TPSA) is 85.8 Å². The van der Waals surface area contributed by atoms with Crippen molar-refractivity contribution in [1.82, 2.24) is 14.9 Å². The number of thioether (sulfide) groups is 1. The third-order valence-electron chi connectivity index (χ3n) is 3.54. The molecule has 0 saturated heterocycles. The quantitative estimate of drug-likeness (QED) is 0.529. The highest BCUT2D eigenvalue weighted by Crippen LogP contribution is 2.26. The molecule has 0 fully saturated rings. The third kappa shape index (κ3) is 3.83. The number of benzene rings is 2. The lowest BCUT2D eigenvalue weighted by atomic mass is 10.2. The summed E-state index contributed by atoms with van der Waals surface area (Å²) in [5.74, 6) is 4.95. The fraction of sp³-hybridized carbons (Fsp3) is 0.118. The van der Waals surface area contributed by atoms with Crippen molar-refractivity contribution in [3.63, 3.8) is 0 Å². The fourth-order valence-electron chi connectivity index (χ4n) is 2.17. The Morgan fingerprint density at radius 1 is 1.15 bits per heavy atom. The number of nitrogens with one attached hydrogen (secondary N) is 1. The van der Waals surface area contributed by atoms with Crippen LogP contribution in [-0.4, -0.2) is 26.0 Å². The van der Waals surface area contributed by atoms with Crippen molar-refractivity contribution in [3.8, 4) is 11.4 Å². The molecule has 0 spiro atoms. The molecule has 0 unspecified atom stereocenters. The van der Waals surface area contributed by atoms with Gasteiger partial charge in [-0.25, -0.2) is 13.5 Å². The van der Waals surface area contributed by atoms with E-state index in [4.69, 9.17) is 5.84 Å². The van der Waals surface area contributed by atoms with E-state index in [1.54, 1.807) is 25.1 Å². The van der Waals surface area contributed by atoms with Gasteiger partial charge in [0.25, 0.3) is 0 Å². The van der Waals surface area contributed by atoms with Crippen LogP contribution in [0.15, 0.2) is 53.7 Å². The Kier molecular flexibility index (Phi) is 5.17. The zero-order valence-electron chi connectivity index (χ0n) is 13.7. The number of carbonyl (C=O) groups is 1. The normalized spacial score (nSPS) is 12.0. The Balaban J connectivity index is 1.71. The van der Waals surface area contributed by atoms with Crippen molar-refractivity contribution in [1.29, 1.82) is 0 Å². The van der Waals surface area contributed by atoms with E-state index >= 15 is 0 Å². The molecule has 2 aromatic carbocycles. The highest BCUT2D eigenvalue weighted by molar-refractivity contribution is 8.00. The first kappa shape index (κ1) is 17.9. The second kappa shape index (κ2) is 7.52. The summed E-state index contributed by atoms with van der Waals surface area (Å²) in [7, 11) is 0. The number of amides is 1. The first-order valence-electron chi connectivity index (χ1n) is 7.64. The van der Waals surface area contributed by atoms with Gasteiger partial charge in [0, 0.05) is 5.69 Å². The van der Waals surface area contributed by atoms with Gasteiger partial charge in [0.05, 0.1) is 10.8 Å². The van der Waals surface area contributed by atoms with Crippen molar-refractivity contribution < 1.29 is 13.6 Å². The molecule has 0 aliphatic rings. The van der Waals surface area contributed by atoms with Crippen LogP contribution in [0.2, 0.25) is 0 Å². The maximum absolute atomic E-state index is 13.9. The van der Waals surface area contributed by atoms with Gasteiger partial charge in [0.2, 0.25) is 11.1 Å². The van der Waals surface area contributed by atoms with Gasteiger partial charge < -0.3 is 11.2 Å². The molecule has 3 N–H and O–H groups in total. The van der Waals surface area contributed by atoms with Crippen molar-refractivity contribution >= 4 is 23.4 Å². The van der Waals surface area contributed by atoms with Gasteiger partial charge in [-0.3, -0.25) is 4.79 Å². The standard InChI is InChI=1S/C17H15F2N5OS/c1-10(16(25)21-12-8-6-11(18)7-9-12)26-17-23-22-15(24(17)20)13-4-2-3-5-14(13)19/h2-10H,20H2,1H3,(H,21,25)/t10-/m0/s1. The van der Waals surface area contributed by atoms with Crippen LogP contribution in [0.1, 0.15) is 6.92 Å². The molecule has 3 aromatic rings. The van der Waals surface area contributed by atoms with Crippen LogP contribution in [0.4, 0.5) is 14.5 Å². The molecule has 1 aromatic heterocycles. The van der Waals surface area contributed by atoms with E-state index in [2.05, 4.69) is 15.5 Å². The molecular weight excluding hydrogens is 360 g/mol. The minimum Gasteiger partial charge on any atom is -0.335 e. The van der Waals surface area contributed by atoms with E-state index in [9.17, 15) is 13.6 Å². The number of nitrogens with two attached hydrogens (primary N) is 1. The number of nitrogens with zero attached hydrogens (tertiary/aromatic N) is 3. The highest BCUT2D eigenvalue weighted by atomic mass is 32.2. The van der Waals surface area contributed by atoms with E-state index in [-0.39, 0.29) is 28.3 Å². The average molecular weight is 375 g/mol. The zero-order valence-corrected chi connectivity index (χ0v) is 14.5. The molecule has 3 rings (SSSR count). The maximum Gasteiger partial charge on any atom is 0.237 e. The van der Waals surface area contributed by atoms with E-state index in [1.165, 1.54) is 30.3 Å². The monoisotopic (exact) mass is 375 g/mol. The molecule has 1 amide bonds. The minimum absolute atomic E-state index is 0.164. The summed E-state index contributed by atoms with van der Waals surface area (Å²) in [5, 5.41) is 10.2. The van der Waals surface area contributed by atoms with Crippen LogP contribution >= 0.6 is 11.8 Å². The van der Waals surface area contributed by atoms with Crippen LogP contribution < -0.4 is 11.2 Å². The number of carbonyl (C=O) groups excluding carboxylic acids is 1. The van der Waals surface area contributed by atoms with Crippen LogP contribution in [0, 0.1) is 11.6 Å². The van der Waals surface area contributed by atoms with E-state index in [0.29, 0.717) is 5.69 Å². The summed E-state index contributed by atoms with van der Waals surface area (Å²) in [6, 6.07) is 11.5. The van der Waals surface area contributed by atoms with Gasteiger partial charge >= 0.3 is 0 Å². The van der Waals surface area contributed by atoms with E-state index in [1.807, 2.05) is 0 Å². The molecule has 26 heavy (non-hydrogen) atoms. The number of anilines is 1. The molecule has 134 valence electrons. The summed E-state index contributed by atoms with van der Waals surface area (Å²) in [5.41, 5.74) is 0.697. The van der Waals surface area contributed by atoms with E-state index in [0.717, 1.165) is 16.4 Å². The number of halogens is 2. The van der Waals surface area contributed by atoms with Gasteiger partial charge in [0.1, 0.15) is 11.6 Å². The highest BCUT2D eigenvalue weighted by Gasteiger charge is 2.21. The molecule has 0 radical (unpaired) electrons. The average Bonchev–Trinajstić information content (AvgIpc) is 2.98. The Morgan fingerprint density at radius 3 is 2.54 bits per heavy atom. The van der Waals surface area contributed by atoms with Gasteiger partial charge in [-0.05, 0) is 43.3 Å². The molecule has 6 nitrogen and oxygen atoms in total. The number of hydrogen-bond acceptors (Lipinski definition) is 5.